The molecule has 6 heterocycles. The third-order valence-corrected chi connectivity index (χ3v) is 12.6. The summed E-state index contributed by atoms with van der Waals surface area (Å²) in [6, 6.07) is 14.2. The molecule has 4 aromatic rings. The summed E-state index contributed by atoms with van der Waals surface area (Å²) in [5, 5.41) is 2.10. The van der Waals surface area contributed by atoms with Gasteiger partial charge in [-0.3, -0.25) is 24.5 Å². The maximum Gasteiger partial charge on any atom is 0.406 e. The summed E-state index contributed by atoms with van der Waals surface area (Å²) in [7, 11) is 1.58. The van der Waals surface area contributed by atoms with Gasteiger partial charge in [0.25, 0.3) is 5.91 Å². The Kier molecular flexibility index (Phi) is 11.5. The molecule has 2 aromatic heterocycles. The third-order valence-electron chi connectivity index (χ3n) is 12.6. The number of nitrogens with two attached hydrogens (primary N) is 1. The van der Waals surface area contributed by atoms with E-state index in [1.165, 1.54) is 22.4 Å². The lowest BCUT2D eigenvalue weighted by molar-refractivity contribution is -0.155. The summed E-state index contributed by atoms with van der Waals surface area (Å²) in [5.41, 5.74) is 14.9. The normalized spacial score (nSPS) is 23.8. The fourth-order valence-corrected chi connectivity index (χ4v) is 9.52. The second-order valence-electron chi connectivity index (χ2n) is 17.7. The highest BCUT2D eigenvalue weighted by Gasteiger charge is 2.37. The number of piperidine rings is 1. The maximum absolute atomic E-state index is 14.9. The van der Waals surface area contributed by atoms with Gasteiger partial charge in [-0.05, 0) is 92.4 Å². The number of aromatic nitrogens is 2. The molecule has 59 heavy (non-hydrogen) atoms. The quantitative estimate of drug-likeness (QED) is 0.210. The first-order valence-electron chi connectivity index (χ1n) is 21.0. The predicted octanol–water partition coefficient (Wildman–Crippen LogP) is 6.81. The van der Waals surface area contributed by atoms with E-state index in [0.29, 0.717) is 58.8 Å². The van der Waals surface area contributed by atoms with Gasteiger partial charge >= 0.3 is 12.1 Å². The van der Waals surface area contributed by atoms with Crippen LogP contribution < -0.4 is 16.1 Å². The predicted molar refractivity (Wildman–Crippen MR) is 222 cm³/mol. The van der Waals surface area contributed by atoms with Gasteiger partial charge < -0.3 is 24.7 Å². The van der Waals surface area contributed by atoms with E-state index in [1.807, 2.05) is 69.4 Å². The van der Waals surface area contributed by atoms with E-state index in [2.05, 4.69) is 15.2 Å². The van der Waals surface area contributed by atoms with Crippen LogP contribution in [-0.2, 0) is 38.4 Å². The molecule has 4 aliphatic heterocycles. The molecule has 3 fully saturated rings. The zero-order valence-corrected chi connectivity index (χ0v) is 34.5. The Morgan fingerprint density at radius 1 is 1.02 bits per heavy atom. The van der Waals surface area contributed by atoms with Crippen LogP contribution in [0.15, 0.2) is 54.7 Å². The van der Waals surface area contributed by atoms with Crippen LogP contribution in [0.1, 0.15) is 75.8 Å². The molecule has 0 unspecified atom stereocenters. The Labute approximate surface area is 344 Å². The van der Waals surface area contributed by atoms with Crippen LogP contribution >= 0.6 is 0 Å². The Morgan fingerprint density at radius 3 is 2.63 bits per heavy atom. The van der Waals surface area contributed by atoms with Crippen molar-refractivity contribution in [1.82, 2.24) is 24.9 Å². The van der Waals surface area contributed by atoms with Crippen molar-refractivity contribution < 1.29 is 32.2 Å². The zero-order chi connectivity index (χ0) is 41.6. The van der Waals surface area contributed by atoms with Gasteiger partial charge in [-0.15, -0.1) is 0 Å². The van der Waals surface area contributed by atoms with Gasteiger partial charge in [0.1, 0.15) is 12.6 Å². The second kappa shape index (κ2) is 16.5. The molecular weight excluding hydrogens is 760 g/mol. The standard InChI is InChI=1S/C45H56F3N7O4/c1-28(58-4)40-35(22-33(24-50-40)53-18-17-52-15-6-5-11-32(52)25-53)41-36-23-44(2,3)27-59-43(57)38-12-8-16-55(51-38)42(56)37(49)20-29-9-7-10-30(19-29)31-13-14-39(34(36)21-31)54(41)26-45(46,47)48/h7,9-10,13-14,19,21-22,24,28,32,37-38,51H,5-6,8,11-12,15-18,20,23,25-27,49H2,1-4H3/t28-,32+,37-,38-/m0/s1. The highest BCUT2D eigenvalue weighted by Crippen LogP contribution is 2.44. The van der Waals surface area contributed by atoms with Gasteiger partial charge in [0.2, 0.25) is 0 Å². The Balaban J connectivity index is 1.32. The van der Waals surface area contributed by atoms with Gasteiger partial charge in [-0.1, -0.05) is 50.6 Å². The Hall–Kier alpha value is -4.50. The fourth-order valence-electron chi connectivity index (χ4n) is 9.52. The van der Waals surface area contributed by atoms with E-state index in [-0.39, 0.29) is 25.4 Å². The number of esters is 1. The number of methoxy groups -OCH3 is 1. The molecule has 316 valence electrons. The average molecular weight is 816 g/mol. The summed E-state index contributed by atoms with van der Waals surface area (Å²) in [5.74, 6) is -0.804. The number of nitrogens with one attached hydrogen (secondary N) is 1. The number of pyridine rings is 1. The summed E-state index contributed by atoms with van der Waals surface area (Å²) in [6.07, 6.45) is 1.89. The van der Waals surface area contributed by atoms with E-state index in [4.69, 9.17) is 20.2 Å². The molecule has 3 N–H and O–H groups in total. The van der Waals surface area contributed by atoms with Gasteiger partial charge in [-0.2, -0.15) is 13.2 Å². The summed E-state index contributed by atoms with van der Waals surface area (Å²) < 4.78 is 57.9. The number of carbonyl (C=O) groups is 2. The van der Waals surface area contributed by atoms with Crippen molar-refractivity contribution in [3.8, 4) is 22.4 Å². The van der Waals surface area contributed by atoms with E-state index in [0.717, 1.165) is 55.0 Å². The maximum atomic E-state index is 14.9. The number of alkyl halides is 3. The molecule has 1 amide bonds. The smallest absolute Gasteiger partial charge is 0.406 e. The van der Waals surface area contributed by atoms with Crippen molar-refractivity contribution in [2.24, 2.45) is 11.1 Å². The topological polar surface area (TPSA) is 118 Å². The van der Waals surface area contributed by atoms with E-state index >= 15 is 0 Å². The minimum Gasteiger partial charge on any atom is -0.464 e. The lowest BCUT2D eigenvalue weighted by Gasteiger charge is -2.45. The number of hydrogen-bond donors (Lipinski definition) is 2. The van der Waals surface area contributed by atoms with E-state index < -0.39 is 42.3 Å². The highest BCUT2D eigenvalue weighted by atomic mass is 19.4. The van der Waals surface area contributed by atoms with Crippen molar-refractivity contribution >= 4 is 28.5 Å². The van der Waals surface area contributed by atoms with Gasteiger partial charge in [-0.25, -0.2) is 5.43 Å². The zero-order valence-electron chi connectivity index (χ0n) is 34.5. The molecule has 6 bridgehead atoms. The molecule has 8 rings (SSSR count). The molecule has 0 spiro atoms. The number of rotatable bonds is 5. The average Bonchev–Trinajstić information content (AvgIpc) is 3.51. The monoisotopic (exact) mass is 815 g/mol. The minimum absolute atomic E-state index is 0.00409. The first-order valence-corrected chi connectivity index (χ1v) is 21.0. The first-order chi connectivity index (χ1) is 28.2. The Bertz CT molecular complexity index is 2210. The third kappa shape index (κ3) is 8.73. The number of ether oxygens (including phenoxy) is 2. The molecule has 3 saturated heterocycles. The number of carbonyl (C=O) groups excluding carboxylic acids is 2. The molecule has 0 radical (unpaired) electrons. The summed E-state index contributed by atoms with van der Waals surface area (Å²) in [4.78, 5) is 37.0. The van der Waals surface area contributed by atoms with Crippen molar-refractivity contribution in [3.05, 3.63) is 71.5 Å². The molecule has 14 heteroatoms. The van der Waals surface area contributed by atoms with Crippen LogP contribution in [0.2, 0.25) is 0 Å². The Morgan fingerprint density at radius 2 is 1.83 bits per heavy atom. The van der Waals surface area contributed by atoms with E-state index in [1.54, 1.807) is 13.2 Å². The summed E-state index contributed by atoms with van der Waals surface area (Å²) in [6.45, 7) is 8.61. The fraction of sp³-hybridized carbons (Fsp3) is 0.533. The van der Waals surface area contributed by atoms with Gasteiger partial charge in [0, 0.05) is 61.2 Å². The highest BCUT2D eigenvalue weighted by molar-refractivity contribution is 5.96. The number of hydrazine groups is 1. The van der Waals surface area contributed by atoms with Crippen LogP contribution in [0.25, 0.3) is 33.3 Å². The van der Waals surface area contributed by atoms with Crippen molar-refractivity contribution in [3.63, 3.8) is 0 Å². The molecule has 0 saturated carbocycles. The number of hydrogen-bond acceptors (Lipinski definition) is 9. The largest absolute Gasteiger partial charge is 0.464 e. The van der Waals surface area contributed by atoms with Gasteiger partial charge in [0.05, 0.1) is 42.0 Å². The molecular formula is C45H56F3N7O4. The second-order valence-corrected chi connectivity index (χ2v) is 17.7. The van der Waals surface area contributed by atoms with Crippen LogP contribution in [0.5, 0.6) is 0 Å². The summed E-state index contributed by atoms with van der Waals surface area (Å²) >= 11 is 0. The van der Waals surface area contributed by atoms with Crippen LogP contribution in [0.3, 0.4) is 0 Å². The number of halogens is 3. The van der Waals surface area contributed by atoms with Crippen LogP contribution in [-0.4, -0.2) is 102 Å². The van der Waals surface area contributed by atoms with Crippen LogP contribution in [0.4, 0.5) is 18.9 Å². The van der Waals surface area contributed by atoms with Crippen LogP contribution in [0, 0.1) is 5.41 Å². The number of piperazine rings is 1. The van der Waals surface area contributed by atoms with Crippen molar-refractivity contribution in [2.75, 3.05) is 51.3 Å². The minimum atomic E-state index is -4.55. The number of cyclic esters (lactones) is 1. The number of fused-ring (bicyclic) bond motifs is 7. The lowest BCUT2D eigenvalue weighted by atomic mass is 9.84. The molecule has 4 aliphatic rings. The number of amides is 1. The van der Waals surface area contributed by atoms with Crippen molar-refractivity contribution in [1.29, 1.82) is 0 Å². The van der Waals surface area contributed by atoms with Crippen molar-refractivity contribution in [2.45, 2.75) is 103 Å². The molecule has 4 atom stereocenters. The van der Waals surface area contributed by atoms with Gasteiger partial charge in [0.15, 0.2) is 0 Å². The molecule has 11 nitrogen and oxygen atoms in total. The number of anilines is 1. The SMILES string of the molecule is CO[C@@H](C)c1ncc(N2CCN3CCCC[C@@H]3C2)cc1-c1c2c3cc(ccc3n1CC(F)(F)F)-c1cccc(c1)C[C@H](N)C(=O)N1CCC[C@H](N1)C(=O)OCC(C)(C)C2. The molecule has 2 aromatic carbocycles. The first kappa shape index (κ1) is 41.2. The number of benzene rings is 2. The number of nitrogens with zero attached hydrogens (tertiary/aromatic N) is 5. The lowest BCUT2D eigenvalue weighted by Crippen LogP contribution is -2.59. The van der Waals surface area contributed by atoms with E-state index in [9.17, 15) is 22.8 Å². The molecule has 0 aliphatic carbocycles.